The summed E-state index contributed by atoms with van der Waals surface area (Å²) in [5.74, 6) is -0.869. The monoisotopic (exact) mass is 393 g/mol. The molecule has 1 N–H and O–H groups in total. The van der Waals surface area contributed by atoms with Crippen molar-refractivity contribution in [1.29, 1.82) is 0 Å². The van der Waals surface area contributed by atoms with Gasteiger partial charge in [0.05, 0.1) is 12.7 Å². The Morgan fingerprint density at radius 2 is 1.75 bits per heavy atom. The Bertz CT molecular complexity index is 690. The van der Waals surface area contributed by atoms with Crippen LogP contribution in [0.1, 0.15) is 17.3 Å². The number of alkyl halides is 5. The fraction of sp³-hybridized carbons (Fsp3) is 0.417. The molecule has 0 aliphatic carbocycles. The Labute approximate surface area is 139 Å². The molecule has 0 radical (unpaired) electrons. The molecule has 1 aromatic carbocycles. The Hall–Kier alpha value is -1.59. The molecule has 6 nitrogen and oxygen atoms in total. The molecule has 136 valence electrons. The summed E-state index contributed by atoms with van der Waals surface area (Å²) in [4.78, 5) is 8.49. The van der Waals surface area contributed by atoms with Crippen LogP contribution >= 0.6 is 11.6 Å². The van der Waals surface area contributed by atoms with Crippen LogP contribution in [0.25, 0.3) is 0 Å². The van der Waals surface area contributed by atoms with Crippen molar-refractivity contribution in [3.05, 3.63) is 29.8 Å². The molecule has 0 heterocycles. The maximum atomic E-state index is 14.0. The molecule has 2 atom stereocenters. The van der Waals surface area contributed by atoms with Crippen molar-refractivity contribution in [1.82, 2.24) is 4.72 Å². The van der Waals surface area contributed by atoms with Gasteiger partial charge < -0.3 is 9.47 Å². The molecule has 0 saturated carbocycles. The Balaban J connectivity index is 2.86. The Morgan fingerprint density at radius 1 is 1.25 bits per heavy atom. The summed E-state index contributed by atoms with van der Waals surface area (Å²) in [5, 5.41) is 0. The minimum atomic E-state index is -5.88. The van der Waals surface area contributed by atoms with Gasteiger partial charge in [-0.3, -0.25) is 0 Å². The lowest BCUT2D eigenvalue weighted by molar-refractivity contribution is -0.0469. The number of rotatable bonds is 6. The molecule has 0 spiro atoms. The molecule has 0 fully saturated rings. The van der Waals surface area contributed by atoms with E-state index in [1.54, 1.807) is 0 Å². The maximum Gasteiger partial charge on any atom is 0.511 e. The smallest absolute Gasteiger partial charge is 0.465 e. The predicted octanol–water partition coefficient (Wildman–Crippen LogP) is 2.54. The van der Waals surface area contributed by atoms with Gasteiger partial charge in [0.25, 0.3) is 6.36 Å². The molecule has 0 saturated heterocycles. The second kappa shape index (κ2) is 7.11. The molecule has 1 rings (SSSR count). The summed E-state index contributed by atoms with van der Waals surface area (Å²) in [6.45, 7) is 0.658. The first kappa shape index (κ1) is 20.5. The van der Waals surface area contributed by atoms with E-state index in [-0.39, 0.29) is 11.3 Å². The summed E-state index contributed by atoms with van der Waals surface area (Å²) >= 11 is 5.47. The molecule has 24 heavy (non-hydrogen) atoms. The molecule has 1 unspecified atom stereocenters. The summed E-state index contributed by atoms with van der Waals surface area (Å²) in [6, 6.07) is 4.67. The third kappa shape index (κ3) is 4.95. The van der Waals surface area contributed by atoms with Crippen molar-refractivity contribution in [3.8, 4) is 5.75 Å². The molecule has 0 bridgehead atoms. The zero-order valence-electron chi connectivity index (χ0n) is 12.2. The van der Waals surface area contributed by atoms with Gasteiger partial charge >= 0.3 is 21.5 Å². The van der Waals surface area contributed by atoms with E-state index in [1.807, 2.05) is 0 Å². The highest BCUT2D eigenvalue weighted by molar-refractivity contribution is 7.90. The average Bonchev–Trinajstić information content (AvgIpc) is 2.45. The quantitative estimate of drug-likeness (QED) is 0.347. The molecule has 1 aromatic rings. The van der Waals surface area contributed by atoms with E-state index in [2.05, 4.69) is 9.47 Å². The highest BCUT2D eigenvalue weighted by Gasteiger charge is 2.51. The van der Waals surface area contributed by atoms with Crippen LogP contribution in [0.3, 0.4) is 0 Å². The molecular weight excluding hydrogens is 382 g/mol. The zero-order chi connectivity index (χ0) is 18.8. The van der Waals surface area contributed by atoms with Crippen LogP contribution in [0.2, 0.25) is 0 Å². The Morgan fingerprint density at radius 3 is 2.17 bits per heavy atom. The van der Waals surface area contributed by atoms with Gasteiger partial charge in [0.2, 0.25) is 0 Å². The Kier molecular flexibility index (Phi) is 6.06. The van der Waals surface area contributed by atoms with Crippen molar-refractivity contribution in [2.75, 3.05) is 7.11 Å². The number of hydrogen-bond donors (Lipinski definition) is 1. The van der Waals surface area contributed by atoms with E-state index in [9.17, 15) is 30.8 Å². The lowest BCUT2D eigenvalue weighted by atomic mass is 10.2. The fourth-order valence-corrected chi connectivity index (χ4v) is 2.47. The van der Waals surface area contributed by atoms with E-state index in [1.165, 1.54) is 12.1 Å². The van der Waals surface area contributed by atoms with Crippen molar-refractivity contribution in [2.45, 2.75) is 23.8 Å². The van der Waals surface area contributed by atoms with Crippen LogP contribution < -0.4 is 9.46 Å². The van der Waals surface area contributed by atoms with E-state index >= 15 is 0 Å². The van der Waals surface area contributed by atoms with Gasteiger partial charge in [-0.15, -0.1) is 0 Å². The number of nitrogens with one attached hydrogen (secondary N) is 1. The molecule has 0 aliphatic heterocycles. The number of carbonyl (C=O) groups is 1. The number of carbonyl (C=O) groups excluding carboxylic acids is 1. The van der Waals surface area contributed by atoms with Gasteiger partial charge in [-0.25, -0.2) is 13.2 Å². The third-order valence-electron chi connectivity index (χ3n) is 2.58. The van der Waals surface area contributed by atoms with Gasteiger partial charge in [-0.05, 0) is 31.2 Å². The van der Waals surface area contributed by atoms with E-state index < -0.39 is 32.9 Å². The topological polar surface area (TPSA) is 81.7 Å². The number of halogens is 5. The van der Waals surface area contributed by atoms with E-state index in [0.717, 1.165) is 24.0 Å². The highest BCUT2D eigenvalue weighted by atomic mass is 35.5. The molecule has 0 aromatic heterocycles. The van der Waals surface area contributed by atoms with Gasteiger partial charge in [0.1, 0.15) is 5.75 Å². The average molecular weight is 394 g/mol. The summed E-state index contributed by atoms with van der Waals surface area (Å²) in [6.07, 6.45) is -2.67. The second-order valence-electron chi connectivity index (χ2n) is 4.58. The third-order valence-corrected chi connectivity index (χ3v) is 4.26. The SMILES string of the molecule is COC(=O)c1ccc(OC(F)[C@](C)(Cl)NS(=O)(=O)C(F)(F)F)cc1. The number of esters is 1. The normalized spacial score (nSPS) is 16.1. The number of ether oxygens (including phenoxy) is 2. The van der Waals surface area contributed by atoms with Gasteiger partial charge in [0.15, 0.2) is 5.00 Å². The molecule has 12 heteroatoms. The largest absolute Gasteiger partial charge is 0.511 e. The fourth-order valence-electron chi connectivity index (χ4n) is 1.38. The molecule has 0 amide bonds. The number of benzene rings is 1. The maximum absolute atomic E-state index is 14.0. The highest BCUT2D eigenvalue weighted by Crippen LogP contribution is 2.29. The van der Waals surface area contributed by atoms with Crippen LogP contribution in [-0.2, 0) is 14.8 Å². The summed E-state index contributed by atoms with van der Waals surface area (Å²) in [5.41, 5.74) is -5.54. The van der Waals surface area contributed by atoms with Crippen molar-refractivity contribution in [3.63, 3.8) is 0 Å². The lowest BCUT2D eigenvalue weighted by Gasteiger charge is -2.27. The van der Waals surface area contributed by atoms with Crippen molar-refractivity contribution >= 4 is 27.6 Å². The lowest BCUT2D eigenvalue weighted by Crippen LogP contribution is -2.53. The number of sulfonamides is 1. The van der Waals surface area contributed by atoms with Crippen molar-refractivity contribution < 1.29 is 40.2 Å². The molecule has 0 aliphatic rings. The minimum absolute atomic E-state index is 0.117. The second-order valence-corrected chi connectivity index (χ2v) is 7.04. The van der Waals surface area contributed by atoms with Gasteiger partial charge in [-0.2, -0.15) is 22.3 Å². The summed E-state index contributed by atoms with van der Waals surface area (Å²) < 4.78 is 82.9. The minimum Gasteiger partial charge on any atom is -0.465 e. The zero-order valence-corrected chi connectivity index (χ0v) is 13.8. The van der Waals surface area contributed by atoms with Crippen LogP contribution in [0.15, 0.2) is 24.3 Å². The first-order valence-electron chi connectivity index (χ1n) is 6.08. The first-order valence-corrected chi connectivity index (χ1v) is 7.94. The summed E-state index contributed by atoms with van der Waals surface area (Å²) in [7, 11) is -4.73. The van der Waals surface area contributed by atoms with Crippen LogP contribution in [0.5, 0.6) is 5.75 Å². The number of methoxy groups -OCH3 is 1. The van der Waals surface area contributed by atoms with E-state index in [0.29, 0.717) is 6.92 Å². The standard InChI is InChI=1S/C12H12ClF4NO5S/c1-11(13,18-24(20,21)12(15,16)17)10(14)23-8-5-3-7(4-6-8)9(19)22-2/h3-6,10,18H,1-2H3/t10?,11-/m1/s1. The number of hydrogen-bond acceptors (Lipinski definition) is 5. The van der Waals surface area contributed by atoms with Crippen LogP contribution in [0, 0.1) is 0 Å². The van der Waals surface area contributed by atoms with Crippen molar-refractivity contribution in [2.24, 2.45) is 0 Å². The van der Waals surface area contributed by atoms with Gasteiger partial charge in [-0.1, -0.05) is 11.6 Å². The van der Waals surface area contributed by atoms with E-state index in [4.69, 9.17) is 11.6 Å². The first-order chi connectivity index (χ1) is 10.8. The van der Waals surface area contributed by atoms with Crippen LogP contribution in [-0.4, -0.2) is 38.4 Å². The van der Waals surface area contributed by atoms with Gasteiger partial charge in [0, 0.05) is 0 Å². The van der Waals surface area contributed by atoms with Crippen LogP contribution in [0.4, 0.5) is 17.6 Å². The molecular formula is C12H12ClF4NO5S. The predicted molar refractivity (Wildman–Crippen MR) is 75.7 cm³/mol.